The third-order valence-corrected chi connectivity index (χ3v) is 4.40. The summed E-state index contributed by atoms with van der Waals surface area (Å²) in [6.07, 6.45) is 0.993. The molecule has 2 nitrogen and oxygen atoms in total. The van der Waals surface area contributed by atoms with Crippen LogP contribution in [0.2, 0.25) is 0 Å². The largest absolute Gasteiger partial charge is 0.397 e. The number of para-hydroxylation sites is 1. The second-order valence-corrected chi connectivity index (χ2v) is 5.53. The molecule has 0 bridgehead atoms. The lowest BCUT2D eigenvalue weighted by molar-refractivity contribution is 0.617. The Kier molecular flexibility index (Phi) is 3.19. The average molecular weight is 321 g/mol. The minimum Gasteiger partial charge on any atom is -0.397 e. The van der Waals surface area contributed by atoms with Crippen LogP contribution < -0.4 is 10.6 Å². The van der Waals surface area contributed by atoms with E-state index in [0.29, 0.717) is 11.0 Å². The molecule has 0 spiro atoms. The molecule has 2 aromatic rings. The molecule has 0 amide bonds. The lowest BCUT2D eigenvalue weighted by atomic mass is 10.1. The zero-order valence-electron chi connectivity index (χ0n) is 10.4. The zero-order valence-corrected chi connectivity index (χ0v) is 12.0. The monoisotopic (exact) mass is 320 g/mol. The van der Waals surface area contributed by atoms with Crippen LogP contribution in [0.3, 0.4) is 0 Å². The molecule has 98 valence electrons. The number of anilines is 2. The number of nitrogens with two attached hydrogens (primary N) is 1. The fourth-order valence-corrected chi connectivity index (χ4v) is 2.99. The maximum atomic E-state index is 13.5. The van der Waals surface area contributed by atoms with Crippen LogP contribution >= 0.6 is 15.9 Å². The number of hydrogen-bond acceptors (Lipinski definition) is 2. The molecule has 0 radical (unpaired) electrons. The van der Waals surface area contributed by atoms with Crippen LogP contribution in [0.4, 0.5) is 15.8 Å². The number of nitrogens with zero attached hydrogens (tertiary/aromatic N) is 1. The van der Waals surface area contributed by atoms with Crippen LogP contribution in [0.15, 0.2) is 40.9 Å². The van der Waals surface area contributed by atoms with Crippen molar-refractivity contribution in [1.29, 1.82) is 0 Å². The van der Waals surface area contributed by atoms with Gasteiger partial charge in [-0.3, -0.25) is 0 Å². The van der Waals surface area contributed by atoms with E-state index in [1.54, 1.807) is 6.07 Å². The van der Waals surface area contributed by atoms with Crippen molar-refractivity contribution >= 4 is 27.3 Å². The first-order valence-electron chi connectivity index (χ1n) is 6.22. The molecule has 2 aromatic carbocycles. The van der Waals surface area contributed by atoms with Crippen LogP contribution in [0.5, 0.6) is 0 Å². The number of halogens is 2. The molecule has 2 N–H and O–H groups in total. The number of fused-ring (bicyclic) bond motifs is 1. The summed E-state index contributed by atoms with van der Waals surface area (Å²) in [4.78, 5) is 2.21. The highest BCUT2D eigenvalue weighted by atomic mass is 79.9. The predicted octanol–water partition coefficient (Wildman–Crippen LogP) is 3.73. The second kappa shape index (κ2) is 4.85. The number of nitrogen functional groups attached to an aromatic ring is 1. The van der Waals surface area contributed by atoms with Gasteiger partial charge in [-0.05, 0) is 45.6 Å². The normalized spacial score (nSPS) is 13.7. The van der Waals surface area contributed by atoms with E-state index in [9.17, 15) is 4.39 Å². The van der Waals surface area contributed by atoms with Gasteiger partial charge in [0, 0.05) is 13.1 Å². The van der Waals surface area contributed by atoms with E-state index in [2.05, 4.69) is 26.9 Å². The predicted molar refractivity (Wildman–Crippen MR) is 79.7 cm³/mol. The quantitative estimate of drug-likeness (QED) is 0.854. The molecule has 1 heterocycles. The van der Waals surface area contributed by atoms with Gasteiger partial charge in [0.25, 0.3) is 0 Å². The van der Waals surface area contributed by atoms with Crippen molar-refractivity contribution in [2.75, 3.05) is 17.2 Å². The lowest BCUT2D eigenvalue weighted by Crippen LogP contribution is -2.21. The molecular formula is C15H14BrFN2. The van der Waals surface area contributed by atoms with Crippen LogP contribution in [-0.4, -0.2) is 6.54 Å². The van der Waals surface area contributed by atoms with Gasteiger partial charge in [0.1, 0.15) is 5.82 Å². The van der Waals surface area contributed by atoms with Gasteiger partial charge in [0.05, 0.1) is 15.8 Å². The molecule has 0 fully saturated rings. The summed E-state index contributed by atoms with van der Waals surface area (Å²) in [6, 6.07) is 11.1. The maximum Gasteiger partial charge on any atom is 0.137 e. The molecule has 0 saturated carbocycles. The van der Waals surface area contributed by atoms with E-state index < -0.39 is 0 Å². The van der Waals surface area contributed by atoms with Crippen molar-refractivity contribution in [2.45, 2.75) is 13.0 Å². The van der Waals surface area contributed by atoms with Crippen LogP contribution in [0.25, 0.3) is 0 Å². The summed E-state index contributed by atoms with van der Waals surface area (Å²) in [7, 11) is 0. The molecule has 0 aromatic heterocycles. The SMILES string of the molecule is Nc1cccc2c1N(Cc1cccc(F)c1Br)CC2. The number of benzene rings is 2. The summed E-state index contributed by atoms with van der Waals surface area (Å²) in [5, 5.41) is 0. The molecule has 0 aliphatic carbocycles. The smallest absolute Gasteiger partial charge is 0.137 e. The van der Waals surface area contributed by atoms with Gasteiger partial charge >= 0.3 is 0 Å². The first kappa shape index (κ1) is 12.5. The first-order chi connectivity index (χ1) is 9.16. The fourth-order valence-electron chi connectivity index (χ4n) is 2.60. The van der Waals surface area contributed by atoms with E-state index in [1.165, 1.54) is 11.6 Å². The van der Waals surface area contributed by atoms with Crippen molar-refractivity contribution in [3.05, 3.63) is 57.8 Å². The van der Waals surface area contributed by atoms with Gasteiger partial charge in [0.15, 0.2) is 0 Å². The summed E-state index contributed by atoms with van der Waals surface area (Å²) in [6.45, 7) is 1.59. The molecule has 1 aliphatic heterocycles. The molecule has 4 heteroatoms. The first-order valence-corrected chi connectivity index (χ1v) is 7.01. The van der Waals surface area contributed by atoms with Gasteiger partial charge in [-0.25, -0.2) is 4.39 Å². The highest BCUT2D eigenvalue weighted by Gasteiger charge is 2.22. The third-order valence-electron chi connectivity index (χ3n) is 3.51. The summed E-state index contributed by atoms with van der Waals surface area (Å²) >= 11 is 3.31. The van der Waals surface area contributed by atoms with Crippen molar-refractivity contribution in [3.63, 3.8) is 0 Å². The van der Waals surface area contributed by atoms with Gasteiger partial charge in [0.2, 0.25) is 0 Å². The Labute approximate surface area is 120 Å². The number of rotatable bonds is 2. The summed E-state index contributed by atoms with van der Waals surface area (Å²) < 4.78 is 14.1. The lowest BCUT2D eigenvalue weighted by Gasteiger charge is -2.21. The molecule has 3 rings (SSSR count). The Hall–Kier alpha value is -1.55. The average Bonchev–Trinajstić information content (AvgIpc) is 2.80. The minimum absolute atomic E-state index is 0.224. The van der Waals surface area contributed by atoms with Crippen molar-refractivity contribution in [3.8, 4) is 0 Å². The van der Waals surface area contributed by atoms with Gasteiger partial charge in [-0.15, -0.1) is 0 Å². The van der Waals surface area contributed by atoms with Gasteiger partial charge in [-0.2, -0.15) is 0 Å². The van der Waals surface area contributed by atoms with Gasteiger partial charge in [-0.1, -0.05) is 24.3 Å². The van der Waals surface area contributed by atoms with E-state index in [-0.39, 0.29) is 5.82 Å². The Morgan fingerprint density at radius 2 is 2.00 bits per heavy atom. The highest BCUT2D eigenvalue weighted by molar-refractivity contribution is 9.10. The second-order valence-electron chi connectivity index (χ2n) is 4.74. The van der Waals surface area contributed by atoms with Crippen molar-refractivity contribution in [2.24, 2.45) is 0 Å². The van der Waals surface area contributed by atoms with Crippen LogP contribution in [-0.2, 0) is 13.0 Å². The molecule has 0 saturated heterocycles. The highest BCUT2D eigenvalue weighted by Crippen LogP contribution is 2.35. The third kappa shape index (κ3) is 2.21. The molecule has 0 atom stereocenters. The molecule has 19 heavy (non-hydrogen) atoms. The van der Waals surface area contributed by atoms with Crippen LogP contribution in [0, 0.1) is 5.82 Å². The Morgan fingerprint density at radius 1 is 1.21 bits per heavy atom. The molecule has 0 unspecified atom stereocenters. The van der Waals surface area contributed by atoms with Crippen LogP contribution in [0.1, 0.15) is 11.1 Å². The van der Waals surface area contributed by atoms with Gasteiger partial charge < -0.3 is 10.6 Å². The molecular weight excluding hydrogens is 307 g/mol. The summed E-state index contributed by atoms with van der Waals surface area (Å²) in [5.74, 6) is -0.224. The summed E-state index contributed by atoms with van der Waals surface area (Å²) in [5.41, 5.74) is 10.2. The standard InChI is InChI=1S/C15H14BrFN2/c16-14-11(4-1-5-12(14)17)9-19-8-7-10-3-2-6-13(18)15(10)19/h1-6H,7-9,18H2. The van der Waals surface area contributed by atoms with Crippen molar-refractivity contribution in [1.82, 2.24) is 0 Å². The van der Waals surface area contributed by atoms with E-state index >= 15 is 0 Å². The minimum atomic E-state index is -0.224. The zero-order chi connectivity index (χ0) is 13.4. The number of hydrogen-bond donors (Lipinski definition) is 1. The van der Waals surface area contributed by atoms with E-state index in [1.807, 2.05) is 18.2 Å². The fraction of sp³-hybridized carbons (Fsp3) is 0.200. The van der Waals surface area contributed by atoms with E-state index in [4.69, 9.17) is 5.73 Å². The Morgan fingerprint density at radius 3 is 2.84 bits per heavy atom. The van der Waals surface area contributed by atoms with E-state index in [0.717, 1.165) is 29.9 Å². The topological polar surface area (TPSA) is 29.3 Å². The maximum absolute atomic E-state index is 13.5. The molecule has 1 aliphatic rings. The Balaban J connectivity index is 1.93. The Bertz CT molecular complexity index is 628. The van der Waals surface area contributed by atoms with Crippen molar-refractivity contribution < 1.29 is 4.39 Å².